The number of aldehydes is 1. The summed E-state index contributed by atoms with van der Waals surface area (Å²) in [6, 6.07) is 10.9. The molecule has 2 aromatic rings. The zero-order chi connectivity index (χ0) is 16.4. The third kappa shape index (κ3) is 2.64. The Morgan fingerprint density at radius 2 is 2.04 bits per heavy atom. The zero-order valence-electron chi connectivity index (χ0n) is 12.0. The molecular formula is C16H12N2O5. The minimum Gasteiger partial charge on any atom is -0.490 e. The first-order valence-corrected chi connectivity index (χ1v) is 6.89. The van der Waals surface area contributed by atoms with Crippen LogP contribution in [-0.4, -0.2) is 30.3 Å². The van der Waals surface area contributed by atoms with Crippen LogP contribution in [0, 0.1) is 10.1 Å². The van der Waals surface area contributed by atoms with Gasteiger partial charge >= 0.3 is 0 Å². The second-order valence-electron chi connectivity index (χ2n) is 4.92. The Kier molecular flexibility index (Phi) is 3.76. The predicted octanol–water partition coefficient (Wildman–Crippen LogP) is 2.45. The maximum atomic E-state index is 12.7. The van der Waals surface area contributed by atoms with Crippen molar-refractivity contribution in [3.8, 4) is 5.75 Å². The molecule has 3 rings (SSSR count). The highest BCUT2D eigenvalue weighted by Crippen LogP contribution is 2.32. The number of carbonyl (C=O) groups excluding carboxylic acids is 2. The number of ether oxygens (including phenoxy) is 1. The van der Waals surface area contributed by atoms with Crippen LogP contribution in [0.5, 0.6) is 5.75 Å². The van der Waals surface area contributed by atoms with Crippen molar-refractivity contribution in [3.63, 3.8) is 0 Å². The largest absolute Gasteiger partial charge is 0.490 e. The van der Waals surface area contributed by atoms with E-state index in [0.717, 1.165) is 6.07 Å². The van der Waals surface area contributed by atoms with Crippen molar-refractivity contribution in [2.24, 2.45) is 0 Å². The van der Waals surface area contributed by atoms with E-state index in [0.29, 0.717) is 30.9 Å². The van der Waals surface area contributed by atoms with Gasteiger partial charge in [0.25, 0.3) is 11.6 Å². The normalized spacial score (nSPS) is 13.0. The van der Waals surface area contributed by atoms with Gasteiger partial charge in [0.2, 0.25) is 0 Å². The van der Waals surface area contributed by atoms with E-state index in [2.05, 4.69) is 0 Å². The molecule has 0 aliphatic carbocycles. The van der Waals surface area contributed by atoms with E-state index in [1.165, 1.54) is 17.0 Å². The van der Waals surface area contributed by atoms with Crippen molar-refractivity contribution in [1.82, 2.24) is 0 Å². The van der Waals surface area contributed by atoms with Crippen LogP contribution >= 0.6 is 0 Å². The third-order valence-electron chi connectivity index (χ3n) is 3.57. The standard InChI is InChI=1S/C16H12N2O5/c19-10-12-6-5-11(9-14(12)18(21)22)16(20)17-7-8-23-15-4-2-1-3-13(15)17/h1-6,9-10H,7-8H2. The fourth-order valence-corrected chi connectivity index (χ4v) is 2.47. The van der Waals surface area contributed by atoms with E-state index < -0.39 is 4.92 Å². The third-order valence-corrected chi connectivity index (χ3v) is 3.57. The van der Waals surface area contributed by atoms with Gasteiger partial charge in [-0.15, -0.1) is 0 Å². The number of rotatable bonds is 3. The molecule has 0 unspecified atom stereocenters. The summed E-state index contributed by atoms with van der Waals surface area (Å²) in [4.78, 5) is 35.4. The highest BCUT2D eigenvalue weighted by molar-refractivity contribution is 6.08. The number of amides is 1. The van der Waals surface area contributed by atoms with Gasteiger partial charge in [0, 0.05) is 11.6 Å². The molecule has 0 saturated carbocycles. The Hall–Kier alpha value is -3.22. The number of nitrogens with zero attached hydrogens (tertiary/aromatic N) is 2. The molecule has 0 atom stereocenters. The number of benzene rings is 2. The van der Waals surface area contributed by atoms with Crippen molar-refractivity contribution in [1.29, 1.82) is 0 Å². The highest BCUT2D eigenvalue weighted by atomic mass is 16.6. The lowest BCUT2D eigenvalue weighted by Crippen LogP contribution is -2.37. The van der Waals surface area contributed by atoms with Crippen LogP contribution in [0.3, 0.4) is 0 Å². The summed E-state index contributed by atoms with van der Waals surface area (Å²) >= 11 is 0. The summed E-state index contributed by atoms with van der Waals surface area (Å²) in [6.07, 6.45) is 0.399. The lowest BCUT2D eigenvalue weighted by molar-refractivity contribution is -0.385. The Balaban J connectivity index is 2.00. The molecule has 0 aromatic heterocycles. The van der Waals surface area contributed by atoms with Crippen molar-refractivity contribution < 1.29 is 19.2 Å². The minimum absolute atomic E-state index is 0.0612. The summed E-state index contributed by atoms with van der Waals surface area (Å²) in [5.41, 5.74) is 0.325. The second-order valence-corrected chi connectivity index (χ2v) is 4.92. The topological polar surface area (TPSA) is 89.8 Å². The van der Waals surface area contributed by atoms with Crippen molar-refractivity contribution >= 4 is 23.6 Å². The maximum absolute atomic E-state index is 12.7. The van der Waals surface area contributed by atoms with Crippen LogP contribution in [0.2, 0.25) is 0 Å². The highest BCUT2D eigenvalue weighted by Gasteiger charge is 2.26. The predicted molar refractivity (Wildman–Crippen MR) is 82.1 cm³/mol. The van der Waals surface area contributed by atoms with Crippen LogP contribution in [0.15, 0.2) is 42.5 Å². The maximum Gasteiger partial charge on any atom is 0.280 e. The molecule has 0 bridgehead atoms. The average Bonchev–Trinajstić information content (AvgIpc) is 2.60. The van der Waals surface area contributed by atoms with Gasteiger partial charge in [0.1, 0.15) is 12.4 Å². The van der Waals surface area contributed by atoms with Crippen LogP contribution in [0.25, 0.3) is 0 Å². The molecule has 0 radical (unpaired) electrons. The molecule has 7 nitrogen and oxygen atoms in total. The van der Waals surface area contributed by atoms with E-state index in [4.69, 9.17) is 4.74 Å². The summed E-state index contributed by atoms with van der Waals surface area (Å²) in [7, 11) is 0. The van der Waals surface area contributed by atoms with Crippen LogP contribution < -0.4 is 9.64 Å². The summed E-state index contributed by atoms with van der Waals surface area (Å²) in [5.74, 6) is 0.215. The number of nitro benzene ring substituents is 1. The van der Waals surface area contributed by atoms with E-state index in [-0.39, 0.29) is 22.7 Å². The van der Waals surface area contributed by atoms with Crippen molar-refractivity contribution in [2.45, 2.75) is 0 Å². The van der Waals surface area contributed by atoms with E-state index in [1.54, 1.807) is 24.3 Å². The fraction of sp³-hybridized carbons (Fsp3) is 0.125. The quantitative estimate of drug-likeness (QED) is 0.493. The number of carbonyl (C=O) groups is 2. The van der Waals surface area contributed by atoms with Gasteiger partial charge in [-0.3, -0.25) is 19.7 Å². The molecule has 23 heavy (non-hydrogen) atoms. The first kappa shape index (κ1) is 14.7. The van der Waals surface area contributed by atoms with E-state index in [9.17, 15) is 19.7 Å². The molecule has 1 aliphatic heterocycles. The number of hydrogen-bond acceptors (Lipinski definition) is 5. The van der Waals surface area contributed by atoms with Crippen molar-refractivity contribution in [2.75, 3.05) is 18.1 Å². The Morgan fingerprint density at radius 3 is 2.78 bits per heavy atom. The molecule has 116 valence electrons. The summed E-state index contributed by atoms with van der Waals surface area (Å²) in [6.45, 7) is 0.691. The first-order valence-electron chi connectivity index (χ1n) is 6.89. The smallest absolute Gasteiger partial charge is 0.280 e. The Morgan fingerprint density at radius 1 is 1.26 bits per heavy atom. The molecule has 0 fully saturated rings. The van der Waals surface area contributed by atoms with Crippen LogP contribution in [0.1, 0.15) is 20.7 Å². The molecule has 1 heterocycles. The van der Waals surface area contributed by atoms with Crippen LogP contribution in [-0.2, 0) is 0 Å². The lowest BCUT2D eigenvalue weighted by Gasteiger charge is -2.29. The molecule has 7 heteroatoms. The Labute approximate surface area is 131 Å². The fourth-order valence-electron chi connectivity index (χ4n) is 2.47. The summed E-state index contributed by atoms with van der Waals surface area (Å²) < 4.78 is 5.49. The van der Waals surface area contributed by atoms with E-state index >= 15 is 0 Å². The van der Waals surface area contributed by atoms with Gasteiger partial charge < -0.3 is 9.64 Å². The van der Waals surface area contributed by atoms with E-state index in [1.807, 2.05) is 0 Å². The lowest BCUT2D eigenvalue weighted by atomic mass is 10.1. The van der Waals surface area contributed by atoms with Gasteiger partial charge in [-0.05, 0) is 24.3 Å². The molecular weight excluding hydrogens is 300 g/mol. The van der Waals surface area contributed by atoms with Gasteiger partial charge in [-0.2, -0.15) is 0 Å². The Bertz CT molecular complexity index is 803. The monoisotopic (exact) mass is 312 g/mol. The van der Waals surface area contributed by atoms with Gasteiger partial charge in [-0.25, -0.2) is 0 Å². The number of anilines is 1. The van der Waals surface area contributed by atoms with Gasteiger partial charge in [0.15, 0.2) is 6.29 Å². The number of hydrogen-bond donors (Lipinski definition) is 0. The number of fused-ring (bicyclic) bond motifs is 1. The minimum atomic E-state index is -0.673. The SMILES string of the molecule is O=Cc1ccc(C(=O)N2CCOc3ccccc32)cc1[N+](=O)[O-]. The van der Waals surface area contributed by atoms with Gasteiger partial charge in [0.05, 0.1) is 22.7 Å². The number of nitro groups is 1. The second kappa shape index (κ2) is 5.88. The van der Waals surface area contributed by atoms with Gasteiger partial charge in [-0.1, -0.05) is 12.1 Å². The molecule has 1 aliphatic rings. The zero-order valence-corrected chi connectivity index (χ0v) is 12.0. The van der Waals surface area contributed by atoms with Crippen molar-refractivity contribution in [3.05, 3.63) is 63.7 Å². The summed E-state index contributed by atoms with van der Waals surface area (Å²) in [5, 5.41) is 11.0. The first-order chi connectivity index (χ1) is 11.1. The van der Waals surface area contributed by atoms with Crippen LogP contribution in [0.4, 0.5) is 11.4 Å². The molecule has 1 amide bonds. The number of para-hydroxylation sites is 2. The average molecular weight is 312 g/mol. The molecule has 0 N–H and O–H groups in total. The molecule has 2 aromatic carbocycles. The molecule has 0 spiro atoms. The molecule has 0 saturated heterocycles.